The molecule has 0 bridgehead atoms. The average molecular weight is 1210 g/mol. The Balaban J connectivity index is 0.856. The minimum absolute atomic E-state index is 0.320. The van der Waals surface area contributed by atoms with Crippen LogP contribution in [0.5, 0.6) is 0 Å². The van der Waals surface area contributed by atoms with Crippen LogP contribution < -0.4 is 0 Å². The highest BCUT2D eigenvalue weighted by Gasteiger charge is 2.33. The molecule has 0 fully saturated rings. The van der Waals surface area contributed by atoms with Crippen LogP contribution in [-0.4, -0.2) is 32.4 Å². The number of pyridine rings is 1. The summed E-state index contributed by atoms with van der Waals surface area (Å²) in [6, 6.07) is 102. The predicted octanol–water partition coefficient (Wildman–Crippen LogP) is 22.4. The summed E-state index contributed by atoms with van der Waals surface area (Å²) < 4.78 is 60.8. The van der Waals surface area contributed by atoms with E-state index in [1.54, 1.807) is 12.3 Å². The Hall–Kier alpha value is -12.4. The summed E-state index contributed by atoms with van der Waals surface area (Å²) in [5, 5.41) is 13.0. The summed E-state index contributed by atoms with van der Waals surface area (Å²) in [6.07, 6.45) is -2.99. The second kappa shape index (κ2) is 19.6. The smallest absolute Gasteiger partial charge is 0.309 e. The van der Waals surface area contributed by atoms with Crippen LogP contribution in [0.2, 0.25) is 0 Å². The minimum Gasteiger partial charge on any atom is -0.309 e. The Bertz CT molecular complexity index is 6060. The first-order valence-corrected chi connectivity index (χ1v) is 31.6. The van der Waals surface area contributed by atoms with E-state index >= 15 is 13.2 Å². The van der Waals surface area contributed by atoms with E-state index in [4.69, 9.17) is 4.98 Å². The van der Waals surface area contributed by atoms with Gasteiger partial charge in [0.1, 0.15) is 0 Å². The first-order chi connectivity index (χ1) is 46.3. The van der Waals surface area contributed by atoms with Crippen molar-refractivity contribution in [2.24, 2.45) is 0 Å². The number of hydrogen-bond donors (Lipinski definition) is 0. The molecule has 10 heteroatoms. The van der Waals surface area contributed by atoms with Crippen LogP contribution >= 0.6 is 0 Å². The molecule has 0 aliphatic carbocycles. The highest BCUT2D eigenvalue weighted by molar-refractivity contribution is 6.17. The lowest BCUT2D eigenvalue weighted by Crippen LogP contribution is -2.08. The summed E-state index contributed by atoms with van der Waals surface area (Å²) in [5.74, 6) is 0. The van der Waals surface area contributed by atoms with Gasteiger partial charge in [-0.1, -0.05) is 146 Å². The van der Waals surface area contributed by atoms with E-state index in [1.807, 2.05) is 12.1 Å². The topological polar surface area (TPSA) is 42.5 Å². The van der Waals surface area contributed by atoms with Gasteiger partial charge in [0.15, 0.2) is 0 Å². The number of halogens is 3. The molecule has 0 atom stereocenters. The summed E-state index contributed by atoms with van der Waals surface area (Å²) in [4.78, 5) is 5.22. The Labute approximate surface area is 534 Å². The monoisotopic (exact) mass is 1210 g/mol. The summed E-state index contributed by atoms with van der Waals surface area (Å²) in [7, 11) is 0. The fourth-order valence-corrected chi connectivity index (χ4v) is 15.8. The van der Waals surface area contributed by atoms with Gasteiger partial charge < -0.3 is 27.4 Å². The maximum Gasteiger partial charge on any atom is 0.416 e. The molecule has 0 saturated carbocycles. The molecule has 7 heterocycles. The number of rotatable bonds is 7. The summed E-state index contributed by atoms with van der Waals surface area (Å²) >= 11 is 0. The van der Waals surface area contributed by atoms with E-state index < -0.39 is 11.7 Å². The largest absolute Gasteiger partial charge is 0.416 e. The molecule has 0 unspecified atom stereocenters. The van der Waals surface area contributed by atoms with E-state index in [1.165, 1.54) is 12.1 Å². The lowest BCUT2D eigenvalue weighted by atomic mass is 10.0. The number of hydrogen-bond acceptors (Lipinski definition) is 1. The van der Waals surface area contributed by atoms with Crippen molar-refractivity contribution in [1.29, 1.82) is 0 Å². The molecule has 0 spiro atoms. The normalized spacial score (nSPS) is 12.4. The molecule has 7 aromatic heterocycles. The second-order valence-electron chi connectivity index (χ2n) is 24.6. The fourth-order valence-electron chi connectivity index (χ4n) is 15.8. The predicted molar refractivity (Wildman–Crippen MR) is 381 cm³/mol. The lowest BCUT2D eigenvalue weighted by molar-refractivity contribution is -0.137. The van der Waals surface area contributed by atoms with Gasteiger partial charge in [0, 0.05) is 99.1 Å². The van der Waals surface area contributed by atoms with Crippen LogP contribution in [0, 0.1) is 0 Å². The Morgan fingerprint density at radius 1 is 0.223 bits per heavy atom. The molecule has 94 heavy (non-hydrogen) atoms. The molecule has 0 radical (unpaired) electrons. The standard InChI is InChI=1S/C84H50F3N7/c85-84(86,87)51-35-40-81(93-77-41-36-52(89-69-26-9-1-18-56(69)57-19-2-10-27-70(57)89)47-64(77)65-48-53(37-42-78(65)93)90-71-28-11-3-20-58(71)59-21-4-12-29-72(59)90)68(46-51)83-82(34-17-45-88-83)94-79-43-38-54(91-73-30-13-5-22-60(73)61-23-6-14-31-74(61)91)49-66(79)67-50-55(39-44-80(67)94)92-75-32-15-7-24-62(75)63-25-8-16-33-76(63)92/h1-50H. The SMILES string of the molecule is FC(F)(F)c1ccc(-n2c3ccc(-n4c5ccccc5c5ccccc54)cc3c3cc(-n4c5ccccc5c5ccccc54)ccc32)c(-c2ncccc2-n2c3ccc(-n4c5ccccc5c5ccccc54)cc3c3cc(-n4c5ccccc5c5ccccc54)ccc32)c1. The quantitative estimate of drug-likeness (QED) is 0.157. The van der Waals surface area contributed by atoms with Gasteiger partial charge in [-0.25, -0.2) is 0 Å². The number of benzene rings is 13. The summed E-state index contributed by atoms with van der Waals surface area (Å²) in [5.41, 5.74) is 17.0. The summed E-state index contributed by atoms with van der Waals surface area (Å²) in [6.45, 7) is 0. The van der Waals surface area contributed by atoms with Gasteiger partial charge in [-0.15, -0.1) is 0 Å². The molecule has 7 nitrogen and oxygen atoms in total. The zero-order valence-corrected chi connectivity index (χ0v) is 50.1. The molecule has 20 aromatic rings. The van der Waals surface area contributed by atoms with Crippen LogP contribution in [-0.2, 0) is 6.18 Å². The van der Waals surface area contributed by atoms with Crippen molar-refractivity contribution in [3.8, 4) is 45.4 Å². The molecular formula is C84H50F3N7. The van der Waals surface area contributed by atoms with E-state index in [-0.39, 0.29) is 0 Å². The van der Waals surface area contributed by atoms with E-state index in [0.717, 1.165) is 154 Å². The highest BCUT2D eigenvalue weighted by atomic mass is 19.4. The number of aromatic nitrogens is 7. The van der Waals surface area contributed by atoms with Crippen molar-refractivity contribution in [3.05, 3.63) is 309 Å². The van der Waals surface area contributed by atoms with Gasteiger partial charge in [0.25, 0.3) is 0 Å². The first kappa shape index (κ1) is 52.4. The third-order valence-corrected chi connectivity index (χ3v) is 19.7. The van der Waals surface area contributed by atoms with Crippen LogP contribution in [0.25, 0.3) is 176 Å². The van der Waals surface area contributed by atoms with E-state index in [0.29, 0.717) is 22.6 Å². The molecule has 442 valence electrons. The molecule has 0 amide bonds. The second-order valence-corrected chi connectivity index (χ2v) is 24.6. The van der Waals surface area contributed by atoms with E-state index in [2.05, 4.69) is 294 Å². The zero-order chi connectivity index (χ0) is 62.1. The Kier molecular flexibility index (Phi) is 10.9. The van der Waals surface area contributed by atoms with Crippen molar-refractivity contribution in [2.45, 2.75) is 6.18 Å². The van der Waals surface area contributed by atoms with Crippen molar-refractivity contribution >= 4 is 131 Å². The van der Waals surface area contributed by atoms with Gasteiger partial charge in [-0.3, -0.25) is 4.98 Å². The van der Waals surface area contributed by atoms with Crippen molar-refractivity contribution in [1.82, 2.24) is 32.4 Å². The third-order valence-electron chi connectivity index (χ3n) is 19.7. The lowest BCUT2D eigenvalue weighted by Gasteiger charge is -2.19. The maximum absolute atomic E-state index is 15.7. The number of alkyl halides is 3. The van der Waals surface area contributed by atoms with Gasteiger partial charge in [0.2, 0.25) is 0 Å². The number of fused-ring (bicyclic) bond motifs is 18. The molecule has 13 aromatic carbocycles. The van der Waals surface area contributed by atoms with Crippen LogP contribution in [0.1, 0.15) is 5.56 Å². The minimum atomic E-state index is -4.68. The van der Waals surface area contributed by atoms with Crippen LogP contribution in [0.4, 0.5) is 13.2 Å². The first-order valence-electron chi connectivity index (χ1n) is 31.6. The van der Waals surface area contributed by atoms with Crippen molar-refractivity contribution in [3.63, 3.8) is 0 Å². The van der Waals surface area contributed by atoms with E-state index in [9.17, 15) is 0 Å². The fraction of sp³-hybridized carbons (Fsp3) is 0.0119. The molecule has 0 saturated heterocycles. The van der Waals surface area contributed by atoms with Gasteiger partial charge >= 0.3 is 6.18 Å². The third kappa shape index (κ3) is 7.41. The van der Waals surface area contributed by atoms with Gasteiger partial charge in [-0.2, -0.15) is 13.2 Å². The van der Waals surface area contributed by atoms with Crippen molar-refractivity contribution < 1.29 is 13.2 Å². The number of para-hydroxylation sites is 8. The molecule has 0 N–H and O–H groups in total. The zero-order valence-electron chi connectivity index (χ0n) is 50.1. The van der Waals surface area contributed by atoms with Crippen LogP contribution in [0.15, 0.2) is 303 Å². The molecule has 0 aliphatic heterocycles. The highest BCUT2D eigenvalue weighted by Crippen LogP contribution is 2.46. The molecule has 20 rings (SSSR count). The average Bonchev–Trinajstić information content (AvgIpc) is 1.56. The Morgan fingerprint density at radius 2 is 0.489 bits per heavy atom. The molecule has 0 aliphatic rings. The van der Waals surface area contributed by atoms with Gasteiger partial charge in [0.05, 0.1) is 88.8 Å². The number of nitrogens with zero attached hydrogens (tertiary/aromatic N) is 7. The van der Waals surface area contributed by atoms with Gasteiger partial charge in [-0.05, 0) is 152 Å². The maximum atomic E-state index is 15.7. The van der Waals surface area contributed by atoms with Crippen LogP contribution in [0.3, 0.4) is 0 Å². The molecular weight excluding hydrogens is 1160 g/mol. The van der Waals surface area contributed by atoms with Crippen molar-refractivity contribution in [2.75, 3.05) is 0 Å². The Morgan fingerprint density at radius 3 is 0.777 bits per heavy atom.